The zero-order valence-electron chi connectivity index (χ0n) is 37.1. The van der Waals surface area contributed by atoms with Crippen LogP contribution in [0.4, 0.5) is 0 Å². The number of benzene rings is 10. The highest BCUT2D eigenvalue weighted by Crippen LogP contribution is 2.52. The van der Waals surface area contributed by atoms with Crippen LogP contribution in [0.25, 0.3) is 98.1 Å². The first-order valence-corrected chi connectivity index (χ1v) is 25.4. The van der Waals surface area contributed by atoms with Crippen LogP contribution >= 0.6 is 17.3 Å². The molecule has 0 fully saturated rings. The summed E-state index contributed by atoms with van der Waals surface area (Å²) in [6, 6.07) is 55.7. The summed E-state index contributed by atoms with van der Waals surface area (Å²) in [6.45, 7) is 0. The molecule has 10 aromatic carbocycles. The van der Waals surface area contributed by atoms with Crippen molar-refractivity contribution in [2.75, 3.05) is 0 Å². The van der Waals surface area contributed by atoms with E-state index in [-0.39, 0.29) is 17.3 Å². The van der Waals surface area contributed by atoms with Crippen LogP contribution in [-0.4, -0.2) is 0 Å². The summed E-state index contributed by atoms with van der Waals surface area (Å²) >= 11 is 0. The predicted molar refractivity (Wildman–Crippen MR) is 282 cm³/mol. The van der Waals surface area contributed by atoms with Crippen molar-refractivity contribution in [2.45, 2.75) is 51.4 Å². The molecule has 0 saturated heterocycles. The van der Waals surface area contributed by atoms with Gasteiger partial charge in [0.1, 0.15) is 22.7 Å². The van der Waals surface area contributed by atoms with E-state index in [0.717, 1.165) is 150 Å². The molecule has 2 heterocycles. The molecule has 12 aromatic rings. The van der Waals surface area contributed by atoms with Gasteiger partial charge in [-0.3, -0.25) is 0 Å². The van der Waals surface area contributed by atoms with Gasteiger partial charge in [0, 0.05) is 32.7 Å². The van der Waals surface area contributed by atoms with E-state index in [2.05, 4.69) is 158 Å². The molecular weight excluding hydrogens is 879 g/mol. The van der Waals surface area contributed by atoms with Crippen molar-refractivity contribution in [3.8, 4) is 34.1 Å². The highest BCUT2D eigenvalue weighted by atomic mass is 31.1. The number of rotatable bonds is 5. The van der Waals surface area contributed by atoms with E-state index in [0.29, 0.717) is 22.7 Å². The van der Waals surface area contributed by atoms with Gasteiger partial charge in [0.15, 0.2) is 22.7 Å². The minimum absolute atomic E-state index is 0.254. The molecule has 0 bridgehead atoms. The SMILES string of the molecule is c1ccc2c(c1)ccc1o[pH]oc3c(Oc4ccc5c(c4-c4c(Oc6cc7ccccc7c7c6o[pH]oc6ccc8ccccc8c67)ccc6c4CCCC6)CCCC5)cc4ccccc4c3c12. The molecule has 2 unspecified atom stereocenters. The van der Waals surface area contributed by atoms with Crippen LogP contribution in [0.5, 0.6) is 23.0 Å². The monoisotopic (exact) mass is 922 g/mol. The van der Waals surface area contributed by atoms with Gasteiger partial charge in [-0.15, -0.1) is 0 Å². The van der Waals surface area contributed by atoms with Gasteiger partial charge in [-0.05, 0) is 153 Å². The van der Waals surface area contributed by atoms with Crippen molar-refractivity contribution >= 4 is 104 Å². The smallest absolute Gasteiger partial charge is 0.201 e. The second-order valence-electron chi connectivity index (χ2n) is 18.3. The summed E-state index contributed by atoms with van der Waals surface area (Å²) in [4.78, 5) is 0. The van der Waals surface area contributed by atoms with E-state index in [1.54, 1.807) is 0 Å². The lowest BCUT2D eigenvalue weighted by atomic mass is 9.80. The predicted octanol–water partition coefficient (Wildman–Crippen LogP) is 18.6. The highest BCUT2D eigenvalue weighted by Gasteiger charge is 2.29. The lowest BCUT2D eigenvalue weighted by molar-refractivity contribution is 0.472. The molecule has 2 atom stereocenters. The average molecular weight is 923 g/mol. The molecule has 0 radical (unpaired) electrons. The molecule has 8 heteroatoms. The zero-order valence-corrected chi connectivity index (χ0v) is 39.1. The van der Waals surface area contributed by atoms with Gasteiger partial charge in [0.2, 0.25) is 17.3 Å². The van der Waals surface area contributed by atoms with Crippen LogP contribution in [0.15, 0.2) is 175 Å². The van der Waals surface area contributed by atoms with Crippen molar-refractivity contribution in [3.05, 3.63) is 180 Å². The van der Waals surface area contributed by atoms with E-state index in [4.69, 9.17) is 26.3 Å². The molecule has 330 valence electrons. The molecule has 6 nitrogen and oxygen atoms in total. The maximum atomic E-state index is 7.49. The molecule has 2 aliphatic carbocycles. The third kappa shape index (κ3) is 6.39. The van der Waals surface area contributed by atoms with E-state index in [1.165, 1.54) is 22.3 Å². The number of fused-ring (bicyclic) bond motifs is 16. The second-order valence-corrected chi connectivity index (χ2v) is 19.4. The van der Waals surface area contributed by atoms with Gasteiger partial charge < -0.3 is 26.3 Å². The van der Waals surface area contributed by atoms with Gasteiger partial charge in [-0.1, -0.05) is 121 Å². The largest absolute Gasteiger partial charge is 0.453 e. The molecule has 0 spiro atoms. The second kappa shape index (κ2) is 16.2. The first-order chi connectivity index (χ1) is 33.7. The van der Waals surface area contributed by atoms with Crippen LogP contribution in [0.3, 0.4) is 0 Å². The summed E-state index contributed by atoms with van der Waals surface area (Å²) in [5, 5.41) is 12.8. The number of hydrogen-bond donors (Lipinski definition) is 0. The molecule has 0 amide bonds. The molecular formula is C60H44O6P2. The van der Waals surface area contributed by atoms with Gasteiger partial charge in [0.05, 0.1) is 0 Å². The Morgan fingerprint density at radius 3 is 1.19 bits per heavy atom. The van der Waals surface area contributed by atoms with Crippen molar-refractivity contribution in [1.82, 2.24) is 0 Å². The molecule has 0 N–H and O–H groups in total. The highest BCUT2D eigenvalue weighted by molar-refractivity contribution is 7.15. The number of aryl methyl sites for hydroxylation is 2. The van der Waals surface area contributed by atoms with Crippen molar-refractivity contribution in [2.24, 2.45) is 0 Å². The lowest BCUT2D eigenvalue weighted by Gasteiger charge is -2.28. The third-order valence-corrected chi connectivity index (χ3v) is 15.7. The van der Waals surface area contributed by atoms with Crippen LogP contribution < -0.4 is 9.47 Å². The first-order valence-electron chi connectivity index (χ1n) is 23.7. The lowest BCUT2D eigenvalue weighted by Crippen LogP contribution is -2.10. The fourth-order valence-corrected chi connectivity index (χ4v) is 12.6. The topological polar surface area (TPSA) is 71.0 Å². The fraction of sp³-hybridized carbons (Fsp3) is 0.133. The van der Waals surface area contributed by atoms with Gasteiger partial charge in [-0.25, -0.2) is 0 Å². The van der Waals surface area contributed by atoms with E-state index in [9.17, 15) is 0 Å². The standard InChI is InChI=1S/C60H44O6P2/c1-7-19-41-35(13-1)25-29-47(61-51-33-39-17-5-11-23-45(39)57-55-43-21-9-3-15-37(43)27-31-49(55)63-67-65-59(51)57)53(41)54-42-20-8-2-14-36(42)26-30-48(54)62-52-34-40-18-6-12-24-46(40)58-56-44-22-10-4-16-38(44)28-32-50(56)64-68-66-60(52)58/h3-6,9-12,15-18,21-34,67-68H,1-2,7-8,13-14,19-20H2. The Morgan fingerprint density at radius 2 is 0.735 bits per heavy atom. The van der Waals surface area contributed by atoms with Crippen LogP contribution in [0, 0.1) is 0 Å². The Bertz CT molecular complexity index is 3860. The molecule has 2 aromatic heterocycles. The maximum Gasteiger partial charge on any atom is 0.201 e. The van der Waals surface area contributed by atoms with Gasteiger partial charge >= 0.3 is 0 Å². The molecule has 14 rings (SSSR count). The van der Waals surface area contributed by atoms with E-state index < -0.39 is 0 Å². The molecule has 2 aliphatic rings. The normalized spacial score (nSPS) is 13.9. The summed E-state index contributed by atoms with van der Waals surface area (Å²) in [5.41, 5.74) is 10.6. The summed E-state index contributed by atoms with van der Waals surface area (Å²) in [6.07, 6.45) is 8.45. The van der Waals surface area contributed by atoms with Crippen LogP contribution in [0.2, 0.25) is 0 Å². The summed E-state index contributed by atoms with van der Waals surface area (Å²) in [7, 11) is -0.508. The first kappa shape index (κ1) is 39.8. The van der Waals surface area contributed by atoms with E-state index in [1.807, 2.05) is 0 Å². The average Bonchev–Trinajstić information content (AvgIpc) is 3.73. The Balaban J connectivity index is 1.03. The third-order valence-electron chi connectivity index (χ3n) is 14.5. The van der Waals surface area contributed by atoms with Crippen LogP contribution in [-0.2, 0) is 25.7 Å². The van der Waals surface area contributed by atoms with Crippen molar-refractivity contribution < 1.29 is 26.3 Å². The zero-order chi connectivity index (χ0) is 44.7. The minimum Gasteiger partial charge on any atom is -0.453 e. The maximum absolute atomic E-state index is 7.49. The fourth-order valence-electron chi connectivity index (χ4n) is 11.4. The number of hydrogen-bond acceptors (Lipinski definition) is 6. The molecule has 0 saturated carbocycles. The quantitative estimate of drug-likeness (QED) is 0.171. The Morgan fingerprint density at radius 1 is 0.338 bits per heavy atom. The van der Waals surface area contributed by atoms with Gasteiger partial charge in [-0.2, -0.15) is 0 Å². The summed E-state index contributed by atoms with van der Waals surface area (Å²) < 4.78 is 41.3. The van der Waals surface area contributed by atoms with Gasteiger partial charge in [0.25, 0.3) is 0 Å². The Hall–Kier alpha value is -7.36. The molecule has 68 heavy (non-hydrogen) atoms. The van der Waals surface area contributed by atoms with E-state index >= 15 is 0 Å². The molecule has 0 aliphatic heterocycles. The van der Waals surface area contributed by atoms with Crippen LogP contribution in [0.1, 0.15) is 47.9 Å². The van der Waals surface area contributed by atoms with Crippen molar-refractivity contribution in [1.29, 1.82) is 0 Å². The Labute approximate surface area is 394 Å². The number of ether oxygens (including phenoxy) is 2. The summed E-state index contributed by atoms with van der Waals surface area (Å²) in [5.74, 6) is 2.87. The minimum atomic E-state index is -0.254. The van der Waals surface area contributed by atoms with Crippen molar-refractivity contribution in [3.63, 3.8) is 0 Å². The Kier molecular flexibility index (Phi) is 9.45.